The molecule has 1 heterocycles. The van der Waals surface area contributed by atoms with Gasteiger partial charge in [0.15, 0.2) is 0 Å². The van der Waals surface area contributed by atoms with Crippen LogP contribution in [-0.2, 0) is 0 Å². The van der Waals surface area contributed by atoms with Gasteiger partial charge in [-0.1, -0.05) is 37.3 Å². The van der Waals surface area contributed by atoms with Crippen LogP contribution in [0.15, 0.2) is 30.3 Å². The van der Waals surface area contributed by atoms with E-state index >= 15 is 0 Å². The summed E-state index contributed by atoms with van der Waals surface area (Å²) in [5.41, 5.74) is 1.40. The summed E-state index contributed by atoms with van der Waals surface area (Å²) >= 11 is 0. The monoisotopic (exact) mass is 289 g/mol. The largest absolute Gasteiger partial charge is 0.312 e. The quantitative estimate of drug-likeness (QED) is 0.832. The van der Waals surface area contributed by atoms with Crippen LogP contribution >= 0.6 is 0 Å². The van der Waals surface area contributed by atoms with Crippen molar-refractivity contribution in [3.05, 3.63) is 35.9 Å². The van der Waals surface area contributed by atoms with Gasteiger partial charge in [-0.25, -0.2) is 0 Å². The lowest BCUT2D eigenvalue weighted by Gasteiger charge is -2.38. The van der Waals surface area contributed by atoms with Gasteiger partial charge in [0.1, 0.15) is 0 Å². The fourth-order valence-corrected chi connectivity index (χ4v) is 3.82. The maximum absolute atomic E-state index is 3.56. The van der Waals surface area contributed by atoms with Crippen molar-refractivity contribution in [2.75, 3.05) is 34.2 Å². The number of hydrogen-bond acceptors (Lipinski definition) is 3. The lowest BCUT2D eigenvalue weighted by atomic mass is 9.95. The Hall–Kier alpha value is -0.900. The Balaban J connectivity index is 2.16. The summed E-state index contributed by atoms with van der Waals surface area (Å²) < 4.78 is 0. The SMILES string of the molecule is CCC(C(NC)c1ccccc1)N1CCCC1CN(C)C. The maximum Gasteiger partial charge on any atom is 0.0475 e. The fraction of sp³-hybridized carbons (Fsp3) is 0.667. The van der Waals surface area contributed by atoms with E-state index in [0.717, 1.165) is 0 Å². The zero-order valence-corrected chi connectivity index (χ0v) is 14.0. The molecule has 1 N–H and O–H groups in total. The van der Waals surface area contributed by atoms with E-state index in [-0.39, 0.29) is 0 Å². The molecule has 1 aliphatic heterocycles. The molecule has 0 aromatic heterocycles. The van der Waals surface area contributed by atoms with E-state index in [1.54, 1.807) is 0 Å². The van der Waals surface area contributed by atoms with Gasteiger partial charge >= 0.3 is 0 Å². The summed E-state index contributed by atoms with van der Waals surface area (Å²) in [5.74, 6) is 0. The van der Waals surface area contributed by atoms with Crippen molar-refractivity contribution in [1.29, 1.82) is 0 Å². The van der Waals surface area contributed by atoms with Crippen LogP contribution in [0.4, 0.5) is 0 Å². The Kier molecular flexibility index (Phi) is 6.22. The standard InChI is InChI=1S/C18H31N3/c1-5-17(18(19-2)15-10-7-6-8-11-15)21-13-9-12-16(21)14-20(3)4/h6-8,10-11,16-19H,5,9,12-14H2,1-4H3. The van der Waals surface area contributed by atoms with Gasteiger partial charge in [-0.15, -0.1) is 0 Å². The first-order chi connectivity index (χ1) is 10.2. The highest BCUT2D eigenvalue weighted by Crippen LogP contribution is 2.29. The number of benzene rings is 1. The van der Waals surface area contributed by atoms with Crippen LogP contribution < -0.4 is 5.32 Å². The fourth-order valence-electron chi connectivity index (χ4n) is 3.82. The summed E-state index contributed by atoms with van der Waals surface area (Å²) in [4.78, 5) is 5.07. The minimum Gasteiger partial charge on any atom is -0.312 e. The number of likely N-dealkylation sites (tertiary alicyclic amines) is 1. The number of hydrogen-bond donors (Lipinski definition) is 1. The van der Waals surface area contributed by atoms with E-state index in [9.17, 15) is 0 Å². The number of rotatable bonds is 7. The van der Waals surface area contributed by atoms with Crippen molar-refractivity contribution in [3.8, 4) is 0 Å². The minimum absolute atomic E-state index is 0.416. The molecule has 2 rings (SSSR count). The molecule has 0 spiro atoms. The molecule has 1 saturated heterocycles. The number of nitrogens with zero attached hydrogens (tertiary/aromatic N) is 2. The van der Waals surface area contributed by atoms with Gasteiger partial charge in [0.25, 0.3) is 0 Å². The predicted molar refractivity (Wildman–Crippen MR) is 90.6 cm³/mol. The second kappa shape index (κ2) is 7.92. The first-order valence-corrected chi connectivity index (χ1v) is 8.30. The molecule has 3 heteroatoms. The highest BCUT2D eigenvalue weighted by atomic mass is 15.3. The number of nitrogens with one attached hydrogen (secondary N) is 1. The Morgan fingerprint density at radius 2 is 2.00 bits per heavy atom. The van der Waals surface area contributed by atoms with Crippen LogP contribution in [0.25, 0.3) is 0 Å². The van der Waals surface area contributed by atoms with E-state index in [4.69, 9.17) is 0 Å². The summed E-state index contributed by atoms with van der Waals surface area (Å²) in [6.45, 7) is 4.73. The maximum atomic E-state index is 3.56. The third-order valence-electron chi connectivity index (χ3n) is 4.70. The lowest BCUT2D eigenvalue weighted by Crippen LogP contribution is -2.48. The Morgan fingerprint density at radius 1 is 1.29 bits per heavy atom. The van der Waals surface area contributed by atoms with Crippen LogP contribution in [0, 0.1) is 0 Å². The normalized spacial score (nSPS) is 22.6. The summed E-state index contributed by atoms with van der Waals surface area (Å²) in [5, 5.41) is 3.56. The van der Waals surface area contributed by atoms with Gasteiger partial charge in [-0.05, 0) is 52.5 Å². The Labute approximate surface area is 130 Å². The second-order valence-corrected chi connectivity index (χ2v) is 6.45. The van der Waals surface area contributed by atoms with Crippen LogP contribution in [0.2, 0.25) is 0 Å². The number of likely N-dealkylation sites (N-methyl/N-ethyl adjacent to an activating group) is 2. The molecule has 118 valence electrons. The molecular weight excluding hydrogens is 258 g/mol. The van der Waals surface area contributed by atoms with Crippen LogP contribution in [0.1, 0.15) is 37.8 Å². The van der Waals surface area contributed by atoms with E-state index in [1.807, 2.05) is 0 Å². The Bertz CT molecular complexity index is 404. The molecule has 1 aromatic rings. The molecule has 21 heavy (non-hydrogen) atoms. The van der Waals surface area contributed by atoms with Gasteiger partial charge < -0.3 is 10.2 Å². The van der Waals surface area contributed by atoms with Gasteiger partial charge in [0.2, 0.25) is 0 Å². The van der Waals surface area contributed by atoms with Crippen LogP contribution in [0.5, 0.6) is 0 Å². The molecule has 0 aliphatic carbocycles. The molecule has 3 unspecified atom stereocenters. The van der Waals surface area contributed by atoms with Gasteiger partial charge in [-0.2, -0.15) is 0 Å². The van der Waals surface area contributed by atoms with Crippen molar-refractivity contribution in [2.45, 2.75) is 44.3 Å². The second-order valence-electron chi connectivity index (χ2n) is 6.45. The Morgan fingerprint density at radius 3 is 2.57 bits per heavy atom. The topological polar surface area (TPSA) is 18.5 Å². The van der Waals surface area contributed by atoms with E-state index in [0.29, 0.717) is 18.1 Å². The van der Waals surface area contributed by atoms with Crippen molar-refractivity contribution < 1.29 is 0 Å². The molecule has 0 radical (unpaired) electrons. The van der Waals surface area contributed by atoms with Crippen molar-refractivity contribution in [2.24, 2.45) is 0 Å². The average molecular weight is 289 g/mol. The third kappa shape index (κ3) is 4.06. The van der Waals surface area contributed by atoms with Crippen LogP contribution in [0.3, 0.4) is 0 Å². The lowest BCUT2D eigenvalue weighted by molar-refractivity contribution is 0.121. The average Bonchev–Trinajstić information content (AvgIpc) is 2.92. The zero-order valence-electron chi connectivity index (χ0n) is 14.0. The van der Waals surface area contributed by atoms with Crippen molar-refractivity contribution >= 4 is 0 Å². The molecule has 0 saturated carbocycles. The summed E-state index contributed by atoms with van der Waals surface area (Å²) in [7, 11) is 6.46. The van der Waals surface area contributed by atoms with E-state index < -0.39 is 0 Å². The summed E-state index contributed by atoms with van der Waals surface area (Å²) in [6, 6.07) is 12.6. The molecular formula is C18H31N3. The molecule has 1 fully saturated rings. The molecule has 0 amide bonds. The van der Waals surface area contributed by atoms with E-state index in [1.165, 1.54) is 37.9 Å². The highest BCUT2D eigenvalue weighted by Gasteiger charge is 2.34. The molecule has 3 atom stereocenters. The molecule has 3 nitrogen and oxygen atoms in total. The van der Waals surface area contributed by atoms with Crippen molar-refractivity contribution in [1.82, 2.24) is 15.1 Å². The smallest absolute Gasteiger partial charge is 0.0475 e. The molecule has 1 aliphatic rings. The summed E-state index contributed by atoms with van der Waals surface area (Å²) in [6.07, 6.45) is 3.85. The molecule has 1 aromatic carbocycles. The van der Waals surface area contributed by atoms with Gasteiger partial charge in [0.05, 0.1) is 0 Å². The van der Waals surface area contributed by atoms with E-state index in [2.05, 4.69) is 73.5 Å². The molecule has 0 bridgehead atoms. The van der Waals surface area contributed by atoms with Gasteiger partial charge in [-0.3, -0.25) is 4.90 Å². The highest BCUT2D eigenvalue weighted by molar-refractivity contribution is 5.21. The predicted octanol–water partition coefficient (Wildman–Crippen LogP) is 2.75. The third-order valence-corrected chi connectivity index (χ3v) is 4.70. The first-order valence-electron chi connectivity index (χ1n) is 8.30. The van der Waals surface area contributed by atoms with Gasteiger partial charge in [0, 0.05) is 24.7 Å². The zero-order chi connectivity index (χ0) is 15.2. The minimum atomic E-state index is 0.416. The van der Waals surface area contributed by atoms with Crippen molar-refractivity contribution in [3.63, 3.8) is 0 Å². The first kappa shape index (κ1) is 16.5. The van der Waals surface area contributed by atoms with Crippen LogP contribution in [-0.4, -0.2) is 56.1 Å².